The van der Waals surface area contributed by atoms with Crippen LogP contribution in [0.1, 0.15) is 17.5 Å². The summed E-state index contributed by atoms with van der Waals surface area (Å²) in [5.41, 5.74) is 8.56. The molecule has 0 aliphatic carbocycles. The Labute approximate surface area is 157 Å². The molecule has 0 unspecified atom stereocenters. The Morgan fingerprint density at radius 2 is 1.85 bits per heavy atom. The van der Waals surface area contributed by atoms with Gasteiger partial charge in [0.2, 0.25) is 0 Å². The van der Waals surface area contributed by atoms with E-state index in [0.29, 0.717) is 0 Å². The second-order valence-corrected chi connectivity index (χ2v) is 7.66. The second kappa shape index (κ2) is 5.23. The Morgan fingerprint density at radius 3 is 2.78 bits per heavy atom. The Hall–Kier alpha value is -3.07. The zero-order valence-electron chi connectivity index (χ0n) is 15.6. The van der Waals surface area contributed by atoms with E-state index in [1.807, 2.05) is 6.07 Å². The van der Waals surface area contributed by atoms with Crippen molar-refractivity contribution < 1.29 is 8.98 Å². The lowest BCUT2D eigenvalue weighted by molar-refractivity contribution is -0.664. The molecular formula is C24H21N2O+. The molecule has 0 bridgehead atoms. The number of imidazole rings is 1. The zero-order chi connectivity index (χ0) is 18.1. The molecule has 2 aromatic heterocycles. The van der Waals surface area contributed by atoms with Crippen LogP contribution in [0.2, 0.25) is 0 Å². The summed E-state index contributed by atoms with van der Waals surface area (Å²) in [4.78, 5) is 0. The predicted molar refractivity (Wildman–Crippen MR) is 109 cm³/mol. The number of furan rings is 1. The second-order valence-electron chi connectivity index (χ2n) is 7.66. The molecule has 3 heteroatoms. The minimum Gasteiger partial charge on any atom is -0.455 e. The number of para-hydroxylation sites is 2. The summed E-state index contributed by atoms with van der Waals surface area (Å²) in [5.74, 6) is 1.25. The predicted octanol–water partition coefficient (Wildman–Crippen LogP) is 5.29. The highest BCUT2D eigenvalue weighted by Crippen LogP contribution is 2.38. The average molecular weight is 353 g/mol. The minimum absolute atomic E-state index is 0.956. The number of hydrogen-bond acceptors (Lipinski definition) is 1. The number of aromatic nitrogens is 2. The molecule has 3 aromatic carbocycles. The molecule has 1 aliphatic rings. The topological polar surface area (TPSA) is 21.9 Å². The molecule has 0 saturated carbocycles. The lowest BCUT2D eigenvalue weighted by atomic mass is 10.0. The SMILES string of the molecule is Cc1ccc2c(oc3ccccc32)c1-c1n(C)c2cccc3c2[n+]1CCC3. The number of hydrogen-bond donors (Lipinski definition) is 0. The monoisotopic (exact) mass is 353 g/mol. The maximum atomic E-state index is 6.39. The Balaban J connectivity index is 1.81. The van der Waals surface area contributed by atoms with Crippen molar-refractivity contribution in [3.05, 3.63) is 65.7 Å². The van der Waals surface area contributed by atoms with E-state index in [1.54, 1.807) is 0 Å². The largest absolute Gasteiger partial charge is 0.455 e. The number of benzene rings is 3. The fourth-order valence-corrected chi connectivity index (χ4v) is 4.88. The summed E-state index contributed by atoms with van der Waals surface area (Å²) >= 11 is 0. The van der Waals surface area contributed by atoms with Crippen LogP contribution in [0.15, 0.2) is 59.0 Å². The lowest BCUT2D eigenvalue weighted by Gasteiger charge is -2.11. The summed E-state index contributed by atoms with van der Waals surface area (Å²) in [6.45, 7) is 3.25. The van der Waals surface area contributed by atoms with E-state index < -0.39 is 0 Å². The molecule has 3 heterocycles. The van der Waals surface area contributed by atoms with Crippen LogP contribution in [0.4, 0.5) is 0 Å². The maximum absolute atomic E-state index is 6.39. The smallest absolute Gasteiger partial charge is 0.293 e. The van der Waals surface area contributed by atoms with E-state index >= 15 is 0 Å². The molecular weight excluding hydrogens is 332 g/mol. The van der Waals surface area contributed by atoms with E-state index in [-0.39, 0.29) is 0 Å². The first kappa shape index (κ1) is 15.0. The van der Waals surface area contributed by atoms with Crippen molar-refractivity contribution in [2.24, 2.45) is 7.05 Å². The van der Waals surface area contributed by atoms with E-state index in [1.165, 1.54) is 50.7 Å². The van der Waals surface area contributed by atoms with Gasteiger partial charge < -0.3 is 4.42 Å². The summed E-state index contributed by atoms with van der Waals surface area (Å²) in [6, 6.07) is 19.5. The molecule has 132 valence electrons. The third kappa shape index (κ3) is 1.89. The quantitative estimate of drug-likeness (QED) is 0.375. The molecule has 6 rings (SSSR count). The van der Waals surface area contributed by atoms with E-state index in [9.17, 15) is 0 Å². The van der Waals surface area contributed by atoms with Crippen LogP contribution in [0, 0.1) is 6.92 Å². The normalized spacial score (nSPS) is 13.9. The van der Waals surface area contributed by atoms with Gasteiger partial charge in [-0.2, -0.15) is 0 Å². The molecule has 0 saturated heterocycles. The zero-order valence-corrected chi connectivity index (χ0v) is 15.6. The van der Waals surface area contributed by atoms with Gasteiger partial charge >= 0.3 is 0 Å². The van der Waals surface area contributed by atoms with E-state index in [2.05, 4.69) is 71.6 Å². The summed E-state index contributed by atoms with van der Waals surface area (Å²) in [6.07, 6.45) is 2.34. The number of nitrogens with zero attached hydrogens (tertiary/aromatic N) is 2. The van der Waals surface area contributed by atoms with Crippen LogP contribution in [-0.4, -0.2) is 4.57 Å². The standard InChI is InChI=1S/C24H21N2O/c1-15-12-13-18-17-9-3-4-11-20(17)27-23(18)21(15)24-25(2)19-10-5-7-16-8-6-14-26(24)22(16)19/h3-5,7,9-13H,6,8,14H2,1-2H3/q+1. The van der Waals surface area contributed by atoms with Gasteiger partial charge in [-0.05, 0) is 37.5 Å². The molecule has 0 spiro atoms. The van der Waals surface area contributed by atoms with Crippen LogP contribution in [0.5, 0.6) is 0 Å². The fraction of sp³-hybridized carbons (Fsp3) is 0.208. The highest BCUT2D eigenvalue weighted by atomic mass is 16.3. The maximum Gasteiger partial charge on any atom is 0.293 e. The molecule has 0 amide bonds. The molecule has 27 heavy (non-hydrogen) atoms. The summed E-state index contributed by atoms with van der Waals surface area (Å²) in [7, 11) is 2.18. The average Bonchev–Trinajstić information content (AvgIpc) is 3.20. The Morgan fingerprint density at radius 1 is 0.963 bits per heavy atom. The van der Waals surface area contributed by atoms with Gasteiger partial charge in [-0.1, -0.05) is 42.5 Å². The molecule has 1 aliphatic heterocycles. The van der Waals surface area contributed by atoms with Gasteiger partial charge in [0, 0.05) is 16.3 Å². The highest BCUT2D eigenvalue weighted by molar-refractivity contribution is 6.09. The number of aryl methyl sites for hydroxylation is 4. The van der Waals surface area contributed by atoms with Crippen LogP contribution in [0.25, 0.3) is 44.4 Å². The lowest BCUT2D eigenvalue weighted by Crippen LogP contribution is -2.39. The Kier molecular flexibility index (Phi) is 2.91. The van der Waals surface area contributed by atoms with Crippen molar-refractivity contribution in [1.29, 1.82) is 0 Å². The van der Waals surface area contributed by atoms with Gasteiger partial charge in [0.1, 0.15) is 11.1 Å². The molecule has 0 radical (unpaired) electrons. The van der Waals surface area contributed by atoms with Gasteiger partial charge in [-0.15, -0.1) is 0 Å². The first-order chi connectivity index (χ1) is 13.2. The third-order valence-corrected chi connectivity index (χ3v) is 6.11. The van der Waals surface area contributed by atoms with Crippen LogP contribution in [0.3, 0.4) is 0 Å². The van der Waals surface area contributed by atoms with Gasteiger partial charge in [0.05, 0.1) is 13.6 Å². The molecule has 5 aromatic rings. The number of rotatable bonds is 1. The van der Waals surface area contributed by atoms with E-state index in [4.69, 9.17) is 4.42 Å². The van der Waals surface area contributed by atoms with Crippen LogP contribution >= 0.6 is 0 Å². The van der Waals surface area contributed by atoms with Gasteiger partial charge in [-0.3, -0.25) is 0 Å². The van der Waals surface area contributed by atoms with Gasteiger partial charge in [0.25, 0.3) is 5.82 Å². The Bertz CT molecular complexity index is 1370. The third-order valence-electron chi connectivity index (χ3n) is 6.11. The van der Waals surface area contributed by atoms with Crippen molar-refractivity contribution in [3.63, 3.8) is 0 Å². The van der Waals surface area contributed by atoms with Crippen molar-refractivity contribution in [1.82, 2.24) is 4.57 Å². The fourth-order valence-electron chi connectivity index (χ4n) is 4.88. The van der Waals surface area contributed by atoms with Crippen LogP contribution in [-0.2, 0) is 20.0 Å². The summed E-state index contributed by atoms with van der Waals surface area (Å²) < 4.78 is 11.2. The number of fused-ring (bicyclic) bond motifs is 3. The van der Waals surface area contributed by atoms with E-state index in [0.717, 1.165) is 24.1 Å². The first-order valence-electron chi connectivity index (χ1n) is 9.65. The van der Waals surface area contributed by atoms with Crippen LogP contribution < -0.4 is 4.57 Å². The highest BCUT2D eigenvalue weighted by Gasteiger charge is 2.31. The van der Waals surface area contributed by atoms with Crippen molar-refractivity contribution in [2.45, 2.75) is 26.3 Å². The van der Waals surface area contributed by atoms with Gasteiger partial charge in [-0.25, -0.2) is 9.13 Å². The van der Waals surface area contributed by atoms with Crippen molar-refractivity contribution >= 4 is 33.0 Å². The first-order valence-corrected chi connectivity index (χ1v) is 9.65. The van der Waals surface area contributed by atoms with Crippen molar-refractivity contribution in [2.75, 3.05) is 0 Å². The van der Waals surface area contributed by atoms with Crippen molar-refractivity contribution in [3.8, 4) is 11.4 Å². The molecule has 0 N–H and O–H groups in total. The van der Waals surface area contributed by atoms with Gasteiger partial charge in [0.15, 0.2) is 16.6 Å². The summed E-state index contributed by atoms with van der Waals surface area (Å²) in [5, 5.41) is 2.38. The molecule has 0 atom stereocenters. The molecule has 3 nitrogen and oxygen atoms in total. The molecule has 0 fully saturated rings. The minimum atomic E-state index is 0.956.